The van der Waals surface area contributed by atoms with Crippen LogP contribution in [-0.4, -0.2) is 32.5 Å². The molecule has 1 aromatic rings. The molecule has 5 nitrogen and oxygen atoms in total. The second-order valence-corrected chi connectivity index (χ2v) is 12.5. The van der Waals surface area contributed by atoms with Gasteiger partial charge in [-0.05, 0) is 31.4 Å². The number of unbranched alkanes of at least 4 members (excludes halogenated alkanes) is 15. The standard InChI is InChI=1S/C31H58NO4P/c1-2-3-4-5-6-7-8-9-10-11-12-13-14-15-16-20-26-34-27-22-28-35-37(33,29-21-25-32)36-30-31-23-18-17-19-24-31/h17-19,23-24H,2-16,20-22,25-30,32H2,1H3. The summed E-state index contributed by atoms with van der Waals surface area (Å²) in [6.07, 6.45) is 23.7. The molecule has 0 saturated heterocycles. The van der Waals surface area contributed by atoms with E-state index in [4.69, 9.17) is 19.5 Å². The number of benzene rings is 1. The van der Waals surface area contributed by atoms with Crippen LogP contribution in [0.2, 0.25) is 0 Å². The van der Waals surface area contributed by atoms with Crippen molar-refractivity contribution in [1.29, 1.82) is 0 Å². The first-order valence-electron chi connectivity index (χ1n) is 15.4. The summed E-state index contributed by atoms with van der Waals surface area (Å²) in [4.78, 5) is 0. The van der Waals surface area contributed by atoms with Gasteiger partial charge in [-0.2, -0.15) is 0 Å². The van der Waals surface area contributed by atoms with Gasteiger partial charge in [0.05, 0.1) is 19.4 Å². The van der Waals surface area contributed by atoms with Gasteiger partial charge in [0.25, 0.3) is 0 Å². The normalized spacial score (nSPS) is 13.1. The van der Waals surface area contributed by atoms with Crippen molar-refractivity contribution in [2.75, 3.05) is 32.5 Å². The molecule has 0 saturated carbocycles. The fourth-order valence-electron chi connectivity index (χ4n) is 4.42. The lowest BCUT2D eigenvalue weighted by atomic mass is 10.0. The highest BCUT2D eigenvalue weighted by atomic mass is 31.2. The topological polar surface area (TPSA) is 70.8 Å². The van der Waals surface area contributed by atoms with Crippen molar-refractivity contribution in [3.8, 4) is 0 Å². The highest BCUT2D eigenvalue weighted by molar-refractivity contribution is 7.53. The van der Waals surface area contributed by atoms with Gasteiger partial charge in [-0.25, -0.2) is 0 Å². The molecule has 6 heteroatoms. The number of nitrogens with two attached hydrogens (primary N) is 1. The van der Waals surface area contributed by atoms with Crippen molar-refractivity contribution >= 4 is 7.60 Å². The van der Waals surface area contributed by atoms with Crippen molar-refractivity contribution in [3.63, 3.8) is 0 Å². The van der Waals surface area contributed by atoms with Crippen molar-refractivity contribution < 1.29 is 18.3 Å². The largest absolute Gasteiger partial charge is 0.381 e. The van der Waals surface area contributed by atoms with Gasteiger partial charge in [0.15, 0.2) is 0 Å². The van der Waals surface area contributed by atoms with E-state index in [0.29, 0.717) is 38.9 Å². The Kier molecular flexibility index (Phi) is 23.7. The fourth-order valence-corrected chi connectivity index (χ4v) is 6.07. The van der Waals surface area contributed by atoms with Crippen molar-refractivity contribution in [2.45, 2.75) is 129 Å². The van der Waals surface area contributed by atoms with Gasteiger partial charge in [0.1, 0.15) is 0 Å². The summed E-state index contributed by atoms with van der Waals surface area (Å²) in [5.74, 6) is 0. The summed E-state index contributed by atoms with van der Waals surface area (Å²) in [7, 11) is -3.13. The van der Waals surface area contributed by atoms with Crippen LogP contribution in [0.5, 0.6) is 0 Å². The summed E-state index contributed by atoms with van der Waals surface area (Å²) in [5, 5.41) is 0. The van der Waals surface area contributed by atoms with Crippen LogP contribution in [0.25, 0.3) is 0 Å². The number of rotatable bonds is 28. The molecule has 216 valence electrons. The molecule has 0 aliphatic rings. The molecule has 0 heterocycles. The molecule has 0 fully saturated rings. The molecule has 1 aromatic carbocycles. The SMILES string of the molecule is CCCCCCCCCCCCCCCCCCOCCCOP(=O)(CCCN)OCc1ccccc1. The average Bonchev–Trinajstić information content (AvgIpc) is 2.92. The van der Waals surface area contributed by atoms with Gasteiger partial charge in [0.2, 0.25) is 0 Å². The highest BCUT2D eigenvalue weighted by Gasteiger charge is 2.23. The predicted molar refractivity (Wildman–Crippen MR) is 158 cm³/mol. The van der Waals surface area contributed by atoms with Crippen LogP contribution >= 0.6 is 7.60 Å². The first-order valence-corrected chi connectivity index (χ1v) is 17.1. The van der Waals surface area contributed by atoms with E-state index in [2.05, 4.69) is 6.92 Å². The third-order valence-corrected chi connectivity index (χ3v) is 8.73. The van der Waals surface area contributed by atoms with E-state index < -0.39 is 7.60 Å². The highest BCUT2D eigenvalue weighted by Crippen LogP contribution is 2.49. The lowest BCUT2D eigenvalue weighted by Gasteiger charge is -2.18. The Morgan fingerprint density at radius 3 is 1.68 bits per heavy atom. The minimum Gasteiger partial charge on any atom is -0.381 e. The zero-order valence-electron chi connectivity index (χ0n) is 24.0. The van der Waals surface area contributed by atoms with E-state index in [-0.39, 0.29) is 0 Å². The first kappa shape index (κ1) is 34.3. The molecule has 1 rings (SSSR count). The number of hydrogen-bond acceptors (Lipinski definition) is 5. The Labute approximate surface area is 229 Å². The van der Waals surface area contributed by atoms with Gasteiger partial charge in [-0.1, -0.05) is 134 Å². The smallest absolute Gasteiger partial charge is 0.331 e. The zero-order valence-corrected chi connectivity index (χ0v) is 24.9. The monoisotopic (exact) mass is 539 g/mol. The molecule has 1 unspecified atom stereocenters. The quantitative estimate of drug-likeness (QED) is 0.0848. The zero-order chi connectivity index (χ0) is 26.7. The van der Waals surface area contributed by atoms with Crippen molar-refractivity contribution in [3.05, 3.63) is 35.9 Å². The summed E-state index contributed by atoms with van der Waals surface area (Å²) in [6.45, 7) is 4.87. The van der Waals surface area contributed by atoms with Crippen LogP contribution in [0.3, 0.4) is 0 Å². The molecule has 0 aliphatic carbocycles. The molecule has 0 bridgehead atoms. The maximum Gasteiger partial charge on any atom is 0.331 e. The van der Waals surface area contributed by atoms with Crippen molar-refractivity contribution in [2.24, 2.45) is 5.73 Å². The summed E-state index contributed by atoms with van der Waals surface area (Å²) in [6, 6.07) is 9.76. The van der Waals surface area contributed by atoms with Crippen LogP contribution in [0.15, 0.2) is 30.3 Å². The minimum atomic E-state index is -3.13. The van der Waals surface area contributed by atoms with Crippen LogP contribution in [0.1, 0.15) is 128 Å². The van der Waals surface area contributed by atoms with E-state index in [0.717, 1.165) is 25.0 Å². The maximum absolute atomic E-state index is 13.0. The molecule has 2 N–H and O–H groups in total. The Bertz CT molecular complexity index is 643. The molecule has 0 aromatic heterocycles. The third kappa shape index (κ3) is 21.9. The lowest BCUT2D eigenvalue weighted by Crippen LogP contribution is -2.08. The summed E-state index contributed by atoms with van der Waals surface area (Å²) < 4.78 is 30.1. The predicted octanol–water partition coefficient (Wildman–Crippen LogP) is 9.43. The molecular formula is C31H58NO4P. The Morgan fingerprint density at radius 2 is 1.14 bits per heavy atom. The second-order valence-electron chi connectivity index (χ2n) is 10.3. The number of ether oxygens (including phenoxy) is 1. The first-order chi connectivity index (χ1) is 18.2. The Morgan fingerprint density at radius 1 is 0.622 bits per heavy atom. The molecule has 37 heavy (non-hydrogen) atoms. The van der Waals surface area contributed by atoms with Gasteiger partial charge in [-0.3, -0.25) is 4.57 Å². The van der Waals surface area contributed by atoms with Gasteiger partial charge in [-0.15, -0.1) is 0 Å². The second kappa shape index (κ2) is 25.6. The van der Waals surface area contributed by atoms with Crippen LogP contribution in [-0.2, 0) is 25.0 Å². The van der Waals surface area contributed by atoms with Crippen LogP contribution < -0.4 is 5.73 Å². The third-order valence-electron chi connectivity index (χ3n) is 6.77. The molecule has 0 amide bonds. The Hall–Kier alpha value is -0.710. The molecule has 0 radical (unpaired) electrons. The molecule has 0 aliphatic heterocycles. The van der Waals surface area contributed by atoms with E-state index in [1.807, 2.05) is 30.3 Å². The fraction of sp³-hybridized carbons (Fsp3) is 0.806. The van der Waals surface area contributed by atoms with E-state index in [1.54, 1.807) is 0 Å². The van der Waals surface area contributed by atoms with Crippen LogP contribution in [0, 0.1) is 0 Å². The van der Waals surface area contributed by atoms with E-state index in [9.17, 15) is 4.57 Å². The van der Waals surface area contributed by atoms with Gasteiger partial charge >= 0.3 is 7.60 Å². The minimum absolute atomic E-state index is 0.290. The maximum atomic E-state index is 13.0. The molecule has 1 atom stereocenters. The number of hydrogen-bond donors (Lipinski definition) is 1. The summed E-state index contributed by atoms with van der Waals surface area (Å²) in [5.41, 5.74) is 6.59. The van der Waals surface area contributed by atoms with Gasteiger partial charge in [0, 0.05) is 13.2 Å². The van der Waals surface area contributed by atoms with E-state index in [1.165, 1.54) is 96.3 Å². The van der Waals surface area contributed by atoms with E-state index >= 15 is 0 Å². The van der Waals surface area contributed by atoms with Crippen molar-refractivity contribution in [1.82, 2.24) is 0 Å². The molecular weight excluding hydrogens is 481 g/mol. The Balaban J connectivity index is 1.88. The van der Waals surface area contributed by atoms with Crippen LogP contribution in [0.4, 0.5) is 0 Å². The molecule has 0 spiro atoms. The lowest BCUT2D eigenvalue weighted by molar-refractivity contribution is 0.110. The average molecular weight is 540 g/mol. The summed E-state index contributed by atoms with van der Waals surface area (Å²) >= 11 is 0. The van der Waals surface area contributed by atoms with Gasteiger partial charge < -0.3 is 19.5 Å².